The SMILES string of the molecule is c1cnc2ccc(-c3ccc4cc(-c5ccc6nc(-c7ccc(-c8cc9cccnc9c9ncccc89)cc7)ccc6c5)ccc4n3)cc2c1.c1cnc2ccc(-c3ccc4cc(-c5ccc6nc(-c7ccc(-c8ccnc9c8ccc8cccnc89)cc7)ccc6c5)ccc4n3)cc2c1. The highest BCUT2D eigenvalue weighted by Crippen LogP contribution is 2.38. The van der Waals surface area contributed by atoms with Gasteiger partial charge in [0.05, 0.1) is 77.9 Å². The van der Waals surface area contributed by atoms with Crippen molar-refractivity contribution in [3.8, 4) is 89.5 Å². The van der Waals surface area contributed by atoms with Crippen LogP contribution in [0.1, 0.15) is 0 Å². The van der Waals surface area contributed by atoms with Crippen LogP contribution in [0.2, 0.25) is 0 Å². The first-order chi connectivity index (χ1) is 49.5. The van der Waals surface area contributed by atoms with Gasteiger partial charge in [0, 0.05) is 113 Å². The molecular formula is C90H54N10. The van der Waals surface area contributed by atoms with E-state index in [1.165, 1.54) is 0 Å². The fraction of sp³-hybridized carbons (Fsp3) is 0. The first-order valence-electron chi connectivity index (χ1n) is 33.3. The van der Waals surface area contributed by atoms with Crippen LogP contribution in [0, 0.1) is 0 Å². The third-order valence-corrected chi connectivity index (χ3v) is 19.1. The molecule has 10 nitrogen and oxygen atoms in total. The predicted octanol–water partition coefficient (Wildman–Crippen LogP) is 22.2. The quantitative estimate of drug-likeness (QED) is 0.136. The Bertz CT molecular complexity index is 6650. The van der Waals surface area contributed by atoms with E-state index in [1.807, 2.05) is 67.5 Å². The minimum absolute atomic E-state index is 0.921. The second-order valence-electron chi connectivity index (χ2n) is 25.2. The molecule has 0 unspecified atom stereocenters. The van der Waals surface area contributed by atoms with Crippen molar-refractivity contribution >= 4 is 109 Å². The molecule has 464 valence electrons. The standard InChI is InChI=1S/2C45H27N5/c1-4-32-26-35(13-16-39(32)46-21-1)43-20-15-34-25-31(12-18-42(34)50-43)30-11-17-41-33(24-30)14-19-40(49-41)29-9-7-28(8-10-29)38-27-36-5-2-22-47-44(36)45-37(38)6-3-23-48-45;1-3-30-9-15-38-37(21-24-48-45(38)44(30)47-23-1)28-5-7-29(8-6-28)40-19-13-34-25-31(10-17-41(34)49-40)32-11-18-42-35(26-32)14-20-43(50-42)36-12-16-39-33(27-36)4-2-22-46-39/h2*1-27H. The van der Waals surface area contributed by atoms with Crippen molar-refractivity contribution < 1.29 is 0 Å². The van der Waals surface area contributed by atoms with Crippen LogP contribution in [-0.2, 0) is 0 Å². The maximum atomic E-state index is 5.05. The lowest BCUT2D eigenvalue weighted by Crippen LogP contribution is -1.90. The summed E-state index contributed by atoms with van der Waals surface area (Å²) < 4.78 is 0. The molecule has 0 N–H and O–H groups in total. The number of hydrogen-bond acceptors (Lipinski definition) is 10. The Morgan fingerprint density at radius 3 is 0.950 bits per heavy atom. The molecule has 10 aromatic carbocycles. The van der Waals surface area contributed by atoms with Gasteiger partial charge in [0.1, 0.15) is 0 Å². The van der Waals surface area contributed by atoms with E-state index in [-0.39, 0.29) is 0 Å². The van der Waals surface area contributed by atoms with Crippen LogP contribution in [0.25, 0.3) is 199 Å². The molecule has 0 saturated heterocycles. The Labute approximate surface area is 573 Å². The van der Waals surface area contributed by atoms with Crippen LogP contribution in [-0.4, -0.2) is 49.8 Å². The van der Waals surface area contributed by atoms with Crippen molar-refractivity contribution in [2.24, 2.45) is 0 Å². The Morgan fingerprint density at radius 2 is 0.470 bits per heavy atom. The molecule has 0 aliphatic carbocycles. The van der Waals surface area contributed by atoms with E-state index < -0.39 is 0 Å². The lowest BCUT2D eigenvalue weighted by molar-refractivity contribution is 1.37. The van der Waals surface area contributed by atoms with Gasteiger partial charge in [-0.25, -0.2) is 19.9 Å². The number of pyridine rings is 10. The van der Waals surface area contributed by atoms with Crippen LogP contribution in [0.3, 0.4) is 0 Å². The van der Waals surface area contributed by atoms with E-state index in [1.54, 1.807) is 0 Å². The third kappa shape index (κ3) is 10.7. The summed E-state index contributed by atoms with van der Waals surface area (Å²) in [6.07, 6.45) is 11.0. The summed E-state index contributed by atoms with van der Waals surface area (Å²) in [5, 5.41) is 11.0. The van der Waals surface area contributed by atoms with Crippen molar-refractivity contribution in [3.63, 3.8) is 0 Å². The second kappa shape index (κ2) is 24.2. The summed E-state index contributed by atoms with van der Waals surface area (Å²) in [5.41, 5.74) is 26.8. The van der Waals surface area contributed by atoms with Crippen molar-refractivity contribution in [1.29, 1.82) is 0 Å². The van der Waals surface area contributed by atoms with E-state index in [2.05, 4.69) is 291 Å². The van der Waals surface area contributed by atoms with Gasteiger partial charge in [0.2, 0.25) is 0 Å². The molecular weight excluding hydrogens is 1220 g/mol. The molecule has 0 aliphatic rings. The highest BCUT2D eigenvalue weighted by molar-refractivity contribution is 6.11. The monoisotopic (exact) mass is 1270 g/mol. The molecule has 20 rings (SSSR count). The molecule has 0 radical (unpaired) electrons. The summed E-state index contributed by atoms with van der Waals surface area (Å²) in [5.74, 6) is 0. The van der Waals surface area contributed by atoms with E-state index >= 15 is 0 Å². The van der Waals surface area contributed by atoms with Gasteiger partial charge >= 0.3 is 0 Å². The molecule has 100 heavy (non-hydrogen) atoms. The minimum atomic E-state index is 0.921. The maximum Gasteiger partial charge on any atom is 0.0970 e. The van der Waals surface area contributed by atoms with Crippen LogP contribution in [0.4, 0.5) is 0 Å². The Kier molecular flexibility index (Phi) is 14.0. The van der Waals surface area contributed by atoms with Gasteiger partial charge in [-0.05, 0) is 184 Å². The van der Waals surface area contributed by atoms with E-state index in [9.17, 15) is 0 Å². The van der Waals surface area contributed by atoms with Gasteiger partial charge in [-0.15, -0.1) is 0 Å². The van der Waals surface area contributed by atoms with Crippen molar-refractivity contribution in [3.05, 3.63) is 328 Å². The first-order valence-corrected chi connectivity index (χ1v) is 33.3. The number of hydrogen-bond donors (Lipinski definition) is 0. The summed E-state index contributed by atoms with van der Waals surface area (Å²) in [4.78, 5) is 47.5. The van der Waals surface area contributed by atoms with Crippen molar-refractivity contribution in [1.82, 2.24) is 49.8 Å². The zero-order chi connectivity index (χ0) is 66.0. The molecule has 10 heterocycles. The van der Waals surface area contributed by atoms with E-state index in [4.69, 9.17) is 19.9 Å². The molecule has 0 aliphatic heterocycles. The minimum Gasteiger partial charge on any atom is -0.256 e. The molecule has 0 fully saturated rings. The lowest BCUT2D eigenvalue weighted by atomic mass is 9.96. The largest absolute Gasteiger partial charge is 0.256 e. The molecule has 0 bridgehead atoms. The molecule has 0 atom stereocenters. The lowest BCUT2D eigenvalue weighted by Gasteiger charge is -2.11. The van der Waals surface area contributed by atoms with Gasteiger partial charge in [0.25, 0.3) is 0 Å². The molecule has 0 amide bonds. The third-order valence-electron chi connectivity index (χ3n) is 19.1. The molecule has 10 heteroatoms. The molecule has 0 spiro atoms. The van der Waals surface area contributed by atoms with Gasteiger partial charge < -0.3 is 0 Å². The van der Waals surface area contributed by atoms with Crippen LogP contribution >= 0.6 is 0 Å². The van der Waals surface area contributed by atoms with Crippen molar-refractivity contribution in [2.75, 3.05) is 0 Å². The highest BCUT2D eigenvalue weighted by atomic mass is 14.8. The highest BCUT2D eigenvalue weighted by Gasteiger charge is 2.15. The zero-order valence-corrected chi connectivity index (χ0v) is 53.6. The van der Waals surface area contributed by atoms with Gasteiger partial charge in [-0.3, -0.25) is 29.9 Å². The van der Waals surface area contributed by atoms with Crippen LogP contribution in [0.15, 0.2) is 328 Å². The van der Waals surface area contributed by atoms with Gasteiger partial charge in [-0.1, -0.05) is 152 Å². The number of benzene rings is 10. The number of fused-ring (bicyclic) bond motifs is 12. The zero-order valence-electron chi connectivity index (χ0n) is 53.6. The van der Waals surface area contributed by atoms with Crippen LogP contribution < -0.4 is 0 Å². The fourth-order valence-corrected chi connectivity index (χ4v) is 14.0. The Hall–Kier alpha value is -13.7. The van der Waals surface area contributed by atoms with Crippen LogP contribution in [0.5, 0.6) is 0 Å². The maximum absolute atomic E-state index is 5.05. The molecule has 0 saturated carbocycles. The molecule has 20 aromatic rings. The number of aromatic nitrogens is 10. The van der Waals surface area contributed by atoms with Crippen molar-refractivity contribution in [2.45, 2.75) is 0 Å². The Balaban J connectivity index is 0.000000139. The average molecular weight is 1280 g/mol. The topological polar surface area (TPSA) is 129 Å². The summed E-state index contributed by atoms with van der Waals surface area (Å²) >= 11 is 0. The van der Waals surface area contributed by atoms with E-state index in [0.717, 1.165) is 199 Å². The average Bonchev–Trinajstić information content (AvgIpc) is 0.781. The van der Waals surface area contributed by atoms with Gasteiger partial charge in [0.15, 0.2) is 0 Å². The fourth-order valence-electron chi connectivity index (χ4n) is 14.0. The number of nitrogens with zero attached hydrogens (tertiary/aromatic N) is 10. The van der Waals surface area contributed by atoms with Gasteiger partial charge in [-0.2, -0.15) is 0 Å². The predicted molar refractivity (Wildman–Crippen MR) is 409 cm³/mol. The second-order valence-corrected chi connectivity index (χ2v) is 25.2. The Morgan fingerprint density at radius 1 is 0.160 bits per heavy atom. The number of rotatable bonds is 8. The normalized spacial score (nSPS) is 11.6. The first kappa shape index (κ1) is 57.7. The summed E-state index contributed by atoms with van der Waals surface area (Å²) in [6, 6.07) is 102. The smallest absolute Gasteiger partial charge is 0.0970 e. The summed E-state index contributed by atoms with van der Waals surface area (Å²) in [7, 11) is 0. The summed E-state index contributed by atoms with van der Waals surface area (Å²) in [6.45, 7) is 0. The molecule has 10 aromatic heterocycles. The van der Waals surface area contributed by atoms with E-state index in [0.29, 0.717) is 0 Å².